The lowest BCUT2D eigenvalue weighted by Gasteiger charge is -2.39. The number of amidine groups is 1. The smallest absolute Gasteiger partial charge is 0.332 e. The lowest BCUT2D eigenvalue weighted by atomic mass is 9.80. The van der Waals surface area contributed by atoms with Gasteiger partial charge in [0.25, 0.3) is 0 Å². The Hall–Kier alpha value is -2.59. The Labute approximate surface area is 187 Å². The predicted octanol–water partition coefficient (Wildman–Crippen LogP) is 2.41. The van der Waals surface area contributed by atoms with Gasteiger partial charge in [0.1, 0.15) is 16.4 Å². The Morgan fingerprint density at radius 1 is 1.22 bits per heavy atom. The molecule has 1 fully saturated rings. The lowest BCUT2D eigenvalue weighted by Crippen LogP contribution is -2.42. The maximum absolute atomic E-state index is 13.8. The second-order valence-corrected chi connectivity index (χ2v) is 10.4. The summed E-state index contributed by atoms with van der Waals surface area (Å²) >= 11 is 0. The minimum Gasteiger partial charge on any atom is -0.355 e. The molecule has 0 bridgehead atoms. The molecule has 5 rings (SSSR count). The zero-order valence-electron chi connectivity index (χ0n) is 18.1. The summed E-state index contributed by atoms with van der Waals surface area (Å²) in [7, 11) is -4.79. The fraction of sp³-hybridized carbons (Fsp3) is 0.500. The highest BCUT2D eigenvalue weighted by Gasteiger charge is 2.33. The number of hydrogen-bond acceptors (Lipinski definition) is 8. The molecule has 1 saturated heterocycles. The monoisotopic (exact) mass is 458 g/mol. The Balaban J connectivity index is 1.42. The van der Waals surface area contributed by atoms with Gasteiger partial charge < -0.3 is 15.5 Å². The third-order valence-electron chi connectivity index (χ3n) is 6.94. The summed E-state index contributed by atoms with van der Waals surface area (Å²) in [6, 6.07) is 4.70. The van der Waals surface area contributed by atoms with Crippen LogP contribution in [0.25, 0.3) is 0 Å². The standard InChI is InChI=1S/C22H27FN6O2S/c1-22(14-24)7-10-28(11-8-22)19-13-25-20-16(27-19)12-26-21(20)29-9-3-4-15-17(29)5-2-6-18(15)32(23,30)31/h2,5-6,13H,3-4,7-12,14,24H2,1H3. The lowest BCUT2D eigenvalue weighted by molar-refractivity contribution is 0.258. The van der Waals surface area contributed by atoms with Crippen LogP contribution in [0.2, 0.25) is 0 Å². The van der Waals surface area contributed by atoms with Crippen LogP contribution in [0.5, 0.6) is 0 Å². The van der Waals surface area contributed by atoms with Gasteiger partial charge in [0, 0.05) is 25.3 Å². The van der Waals surface area contributed by atoms with Gasteiger partial charge in [-0.05, 0) is 55.3 Å². The molecule has 0 saturated carbocycles. The first-order valence-electron chi connectivity index (χ1n) is 11.0. The Bertz CT molecular complexity index is 1190. The van der Waals surface area contributed by atoms with Crippen molar-refractivity contribution in [3.8, 4) is 0 Å². The molecular weight excluding hydrogens is 431 g/mol. The minimum absolute atomic E-state index is 0.185. The van der Waals surface area contributed by atoms with Gasteiger partial charge in [-0.3, -0.25) is 4.99 Å². The molecule has 3 aliphatic heterocycles. The van der Waals surface area contributed by atoms with Crippen LogP contribution in [-0.2, 0) is 23.2 Å². The summed E-state index contributed by atoms with van der Waals surface area (Å²) in [5, 5.41) is 0. The topological polar surface area (TPSA) is 105 Å². The van der Waals surface area contributed by atoms with E-state index in [0.29, 0.717) is 55.3 Å². The first-order chi connectivity index (χ1) is 15.3. The number of aliphatic imine (C=N–C) groups is 1. The normalized spacial score (nSPS) is 20.0. The van der Waals surface area contributed by atoms with Crippen molar-refractivity contribution < 1.29 is 12.3 Å². The van der Waals surface area contributed by atoms with Crippen molar-refractivity contribution in [2.45, 2.75) is 44.0 Å². The molecule has 1 aromatic carbocycles. The zero-order chi connectivity index (χ0) is 22.5. The largest absolute Gasteiger partial charge is 0.355 e. The van der Waals surface area contributed by atoms with E-state index in [9.17, 15) is 12.3 Å². The maximum atomic E-state index is 13.8. The number of nitrogens with two attached hydrogens (primary N) is 1. The Kier molecular flexibility index (Phi) is 5.16. The van der Waals surface area contributed by atoms with Gasteiger partial charge in [-0.1, -0.05) is 13.0 Å². The van der Waals surface area contributed by atoms with E-state index in [0.717, 1.165) is 37.4 Å². The third kappa shape index (κ3) is 3.65. The van der Waals surface area contributed by atoms with Crippen molar-refractivity contribution in [2.75, 3.05) is 36.0 Å². The molecule has 0 radical (unpaired) electrons. The van der Waals surface area contributed by atoms with E-state index < -0.39 is 10.2 Å². The molecule has 1 aromatic heterocycles. The van der Waals surface area contributed by atoms with Crippen LogP contribution >= 0.6 is 0 Å². The minimum atomic E-state index is -4.79. The number of piperidine rings is 1. The van der Waals surface area contributed by atoms with Crippen molar-refractivity contribution in [2.24, 2.45) is 16.1 Å². The number of rotatable bonds is 3. The highest BCUT2D eigenvalue weighted by molar-refractivity contribution is 7.86. The SMILES string of the molecule is CC1(CN)CCN(c2cnc3c(n2)CN=C3N2CCCc3c2cccc3S(=O)(=O)F)CC1. The summed E-state index contributed by atoms with van der Waals surface area (Å²) in [6.07, 6.45) is 5.04. The number of aromatic nitrogens is 2. The number of benzene rings is 1. The van der Waals surface area contributed by atoms with Gasteiger partial charge >= 0.3 is 10.2 Å². The molecule has 0 atom stereocenters. The average Bonchev–Trinajstić information content (AvgIpc) is 3.21. The quantitative estimate of drug-likeness (QED) is 0.704. The molecule has 4 heterocycles. The molecule has 2 aromatic rings. The fourth-order valence-electron chi connectivity index (χ4n) is 4.82. The summed E-state index contributed by atoms with van der Waals surface area (Å²) < 4.78 is 37.1. The predicted molar refractivity (Wildman–Crippen MR) is 121 cm³/mol. The first kappa shape index (κ1) is 21.3. The number of hydrogen-bond donors (Lipinski definition) is 1. The second-order valence-electron chi connectivity index (χ2n) is 9.11. The second kappa shape index (κ2) is 7.77. The molecule has 32 heavy (non-hydrogen) atoms. The molecule has 10 heteroatoms. The van der Waals surface area contributed by atoms with E-state index >= 15 is 0 Å². The van der Waals surface area contributed by atoms with Crippen LogP contribution in [-0.4, -0.2) is 50.4 Å². The number of fused-ring (bicyclic) bond motifs is 2. The van der Waals surface area contributed by atoms with Gasteiger partial charge in [0.2, 0.25) is 0 Å². The van der Waals surface area contributed by atoms with Crippen molar-refractivity contribution in [3.05, 3.63) is 41.3 Å². The van der Waals surface area contributed by atoms with E-state index in [1.807, 2.05) is 11.0 Å². The van der Waals surface area contributed by atoms with Crippen molar-refractivity contribution in [1.82, 2.24) is 9.97 Å². The third-order valence-corrected chi connectivity index (χ3v) is 7.84. The van der Waals surface area contributed by atoms with E-state index in [-0.39, 0.29) is 10.3 Å². The van der Waals surface area contributed by atoms with Crippen LogP contribution < -0.4 is 15.5 Å². The van der Waals surface area contributed by atoms with Crippen LogP contribution in [0.15, 0.2) is 34.3 Å². The molecular formula is C22H27FN6O2S. The van der Waals surface area contributed by atoms with Gasteiger partial charge in [-0.25, -0.2) is 9.97 Å². The summed E-state index contributed by atoms with van der Waals surface area (Å²) in [6.45, 7) is 5.80. The highest BCUT2D eigenvalue weighted by Crippen LogP contribution is 2.36. The van der Waals surface area contributed by atoms with Crippen LogP contribution in [0.4, 0.5) is 15.4 Å². The fourth-order valence-corrected chi connectivity index (χ4v) is 5.57. The van der Waals surface area contributed by atoms with E-state index in [2.05, 4.69) is 16.8 Å². The maximum Gasteiger partial charge on any atom is 0.332 e. The van der Waals surface area contributed by atoms with Gasteiger partial charge in [0.15, 0.2) is 5.84 Å². The average molecular weight is 459 g/mol. The molecule has 0 aliphatic carbocycles. The summed E-state index contributed by atoms with van der Waals surface area (Å²) in [5.74, 6) is 1.52. The molecule has 3 aliphatic rings. The number of anilines is 2. The molecule has 170 valence electrons. The first-order valence-corrected chi connectivity index (χ1v) is 12.4. The van der Waals surface area contributed by atoms with Crippen molar-refractivity contribution in [3.63, 3.8) is 0 Å². The van der Waals surface area contributed by atoms with E-state index in [4.69, 9.17) is 15.7 Å². The molecule has 2 N–H and O–H groups in total. The molecule has 0 amide bonds. The van der Waals surface area contributed by atoms with E-state index in [1.165, 1.54) is 6.07 Å². The van der Waals surface area contributed by atoms with Gasteiger partial charge in [-0.15, -0.1) is 3.89 Å². The van der Waals surface area contributed by atoms with Gasteiger partial charge in [0.05, 0.1) is 18.4 Å². The van der Waals surface area contributed by atoms with E-state index in [1.54, 1.807) is 12.3 Å². The zero-order valence-corrected chi connectivity index (χ0v) is 18.9. The van der Waals surface area contributed by atoms with Gasteiger partial charge in [-0.2, -0.15) is 8.42 Å². The Morgan fingerprint density at radius 2 is 2.00 bits per heavy atom. The van der Waals surface area contributed by atoms with Crippen LogP contribution in [0.3, 0.4) is 0 Å². The van der Waals surface area contributed by atoms with Crippen LogP contribution in [0.1, 0.15) is 43.1 Å². The molecule has 0 unspecified atom stereocenters. The Morgan fingerprint density at radius 3 is 2.72 bits per heavy atom. The summed E-state index contributed by atoms with van der Waals surface area (Å²) in [4.78, 5) is 18.2. The van der Waals surface area contributed by atoms with Crippen molar-refractivity contribution >= 4 is 27.6 Å². The van der Waals surface area contributed by atoms with Crippen molar-refractivity contribution in [1.29, 1.82) is 0 Å². The molecule has 8 nitrogen and oxygen atoms in total. The van der Waals surface area contributed by atoms with Crippen LogP contribution in [0, 0.1) is 5.41 Å². The molecule has 0 spiro atoms. The number of halogens is 1. The number of nitrogens with zero attached hydrogens (tertiary/aromatic N) is 5. The summed E-state index contributed by atoms with van der Waals surface area (Å²) in [5.41, 5.74) is 8.80. The highest BCUT2D eigenvalue weighted by atomic mass is 32.3.